The largest absolute Gasteiger partial charge is 0.508 e. The number of ether oxygens (including phenoxy) is 1. The van der Waals surface area contributed by atoms with Gasteiger partial charge in [0.1, 0.15) is 11.5 Å². The maximum absolute atomic E-state index is 13.7. The van der Waals surface area contributed by atoms with Crippen molar-refractivity contribution >= 4 is 5.69 Å². The Morgan fingerprint density at radius 2 is 1.95 bits per heavy atom. The van der Waals surface area contributed by atoms with Crippen LogP contribution in [0.2, 0.25) is 0 Å². The molecule has 0 unspecified atom stereocenters. The fourth-order valence-electron chi connectivity index (χ4n) is 1.59. The molecule has 0 spiro atoms. The zero-order chi connectivity index (χ0) is 14.9. The van der Waals surface area contributed by atoms with Crippen LogP contribution in [0, 0.1) is 28.7 Å². The number of nitro groups is 1. The van der Waals surface area contributed by atoms with E-state index in [1.807, 2.05) is 0 Å². The Labute approximate surface area is 112 Å². The Balaban J connectivity index is 2.55. The molecule has 5 nitrogen and oxygen atoms in total. The summed E-state index contributed by atoms with van der Waals surface area (Å²) >= 11 is 0. The zero-order valence-electron chi connectivity index (χ0n) is 10.3. The fraction of sp³-hybridized carbons (Fsp3) is 0.0769. The molecule has 2 rings (SSSR count). The number of halogens is 2. The van der Waals surface area contributed by atoms with Crippen LogP contribution in [0.3, 0.4) is 0 Å². The number of nitro benzene ring substituents is 1. The molecule has 0 radical (unpaired) electrons. The van der Waals surface area contributed by atoms with Gasteiger partial charge in [0.05, 0.1) is 4.92 Å². The van der Waals surface area contributed by atoms with E-state index in [9.17, 15) is 24.0 Å². The molecule has 0 saturated carbocycles. The Bertz CT molecular complexity index is 688. The number of rotatable bonds is 3. The number of phenolic OH excluding ortho intramolecular Hbond substituents is 1. The molecule has 0 aliphatic rings. The van der Waals surface area contributed by atoms with Crippen LogP contribution in [-0.4, -0.2) is 10.0 Å². The lowest BCUT2D eigenvalue weighted by Gasteiger charge is -2.10. The van der Waals surface area contributed by atoms with Crippen LogP contribution in [0.4, 0.5) is 14.5 Å². The van der Waals surface area contributed by atoms with Gasteiger partial charge in [-0.2, -0.15) is 4.39 Å². The second kappa shape index (κ2) is 5.12. The molecule has 7 heteroatoms. The fourth-order valence-corrected chi connectivity index (χ4v) is 1.59. The molecular weight excluding hydrogens is 272 g/mol. The van der Waals surface area contributed by atoms with Gasteiger partial charge < -0.3 is 9.84 Å². The van der Waals surface area contributed by atoms with Crippen molar-refractivity contribution in [3.05, 3.63) is 57.6 Å². The lowest BCUT2D eigenvalue weighted by molar-refractivity contribution is -0.385. The van der Waals surface area contributed by atoms with E-state index in [1.54, 1.807) is 0 Å². The third kappa shape index (κ3) is 2.37. The highest BCUT2D eigenvalue weighted by Gasteiger charge is 2.24. The van der Waals surface area contributed by atoms with Gasteiger partial charge in [-0.15, -0.1) is 0 Å². The second-order valence-corrected chi connectivity index (χ2v) is 3.97. The van der Waals surface area contributed by atoms with Crippen LogP contribution in [-0.2, 0) is 0 Å². The molecule has 0 saturated heterocycles. The molecule has 1 N–H and O–H groups in total. The van der Waals surface area contributed by atoms with Crippen molar-refractivity contribution in [1.82, 2.24) is 0 Å². The van der Waals surface area contributed by atoms with Gasteiger partial charge in [0.15, 0.2) is 5.82 Å². The molecule has 2 aromatic carbocycles. The summed E-state index contributed by atoms with van der Waals surface area (Å²) in [5.74, 6) is -3.67. The van der Waals surface area contributed by atoms with Crippen molar-refractivity contribution in [2.45, 2.75) is 6.92 Å². The van der Waals surface area contributed by atoms with Crippen LogP contribution < -0.4 is 4.74 Å². The Morgan fingerprint density at radius 3 is 2.60 bits per heavy atom. The van der Waals surface area contributed by atoms with Crippen molar-refractivity contribution in [2.24, 2.45) is 0 Å². The topological polar surface area (TPSA) is 72.6 Å². The molecule has 0 heterocycles. The molecule has 0 bridgehead atoms. The van der Waals surface area contributed by atoms with E-state index in [4.69, 9.17) is 4.74 Å². The lowest BCUT2D eigenvalue weighted by Crippen LogP contribution is -1.99. The summed E-state index contributed by atoms with van der Waals surface area (Å²) in [6.45, 7) is 1.48. The van der Waals surface area contributed by atoms with Crippen LogP contribution in [0.25, 0.3) is 0 Å². The Kier molecular flexibility index (Phi) is 3.51. The van der Waals surface area contributed by atoms with Crippen molar-refractivity contribution in [2.75, 3.05) is 0 Å². The van der Waals surface area contributed by atoms with Crippen molar-refractivity contribution in [3.63, 3.8) is 0 Å². The summed E-state index contributed by atoms with van der Waals surface area (Å²) in [6.07, 6.45) is 0. The number of aromatic hydroxyl groups is 1. The zero-order valence-corrected chi connectivity index (χ0v) is 10.3. The summed E-state index contributed by atoms with van der Waals surface area (Å²) in [4.78, 5) is 9.94. The van der Waals surface area contributed by atoms with E-state index in [2.05, 4.69) is 0 Å². The quantitative estimate of drug-likeness (QED) is 0.688. The third-order valence-corrected chi connectivity index (χ3v) is 2.69. The van der Waals surface area contributed by atoms with E-state index >= 15 is 0 Å². The van der Waals surface area contributed by atoms with Crippen LogP contribution in [0.5, 0.6) is 17.2 Å². The van der Waals surface area contributed by atoms with E-state index in [0.29, 0.717) is 6.07 Å². The van der Waals surface area contributed by atoms with E-state index in [-0.39, 0.29) is 17.1 Å². The first-order valence-electron chi connectivity index (χ1n) is 5.50. The molecule has 2 aromatic rings. The average molecular weight is 281 g/mol. The van der Waals surface area contributed by atoms with Crippen LogP contribution >= 0.6 is 0 Å². The average Bonchev–Trinajstić information content (AvgIpc) is 2.40. The van der Waals surface area contributed by atoms with E-state index in [0.717, 1.165) is 6.07 Å². The highest BCUT2D eigenvalue weighted by molar-refractivity contribution is 5.52. The molecular formula is C13H9F2NO4. The first-order valence-corrected chi connectivity index (χ1v) is 5.50. The molecule has 0 amide bonds. The minimum absolute atomic E-state index is 0.00222. The predicted molar refractivity (Wildman–Crippen MR) is 65.9 cm³/mol. The van der Waals surface area contributed by atoms with Crippen LogP contribution in [0.1, 0.15) is 5.56 Å². The van der Waals surface area contributed by atoms with E-state index < -0.39 is 28.0 Å². The molecule has 0 aliphatic heterocycles. The lowest BCUT2D eigenvalue weighted by atomic mass is 10.2. The summed E-state index contributed by atoms with van der Waals surface area (Å²) in [6, 6.07) is 5.63. The van der Waals surface area contributed by atoms with Gasteiger partial charge in [-0.3, -0.25) is 10.1 Å². The van der Waals surface area contributed by atoms with Crippen molar-refractivity contribution in [3.8, 4) is 17.2 Å². The SMILES string of the molecule is Cc1c(O)cccc1Oc1c([N+](=O)[O-])ccc(F)c1F. The minimum Gasteiger partial charge on any atom is -0.508 e. The van der Waals surface area contributed by atoms with Gasteiger partial charge in [-0.25, -0.2) is 4.39 Å². The predicted octanol–water partition coefficient (Wildman–Crippen LogP) is 3.68. The molecule has 104 valence electrons. The first-order chi connectivity index (χ1) is 9.41. The summed E-state index contributed by atoms with van der Waals surface area (Å²) in [5.41, 5.74) is -0.447. The monoisotopic (exact) mass is 281 g/mol. The normalized spacial score (nSPS) is 10.3. The smallest absolute Gasteiger partial charge is 0.314 e. The maximum Gasteiger partial charge on any atom is 0.314 e. The van der Waals surface area contributed by atoms with Crippen molar-refractivity contribution < 1.29 is 23.5 Å². The van der Waals surface area contributed by atoms with Crippen LogP contribution in [0.15, 0.2) is 30.3 Å². The molecule has 20 heavy (non-hydrogen) atoms. The standard InChI is InChI=1S/C13H9F2NO4/c1-7-10(17)3-2-4-11(7)20-13-9(16(18)19)6-5-8(14)12(13)15/h2-6,17H,1H3. The molecule has 0 aromatic heterocycles. The number of benzene rings is 2. The highest BCUT2D eigenvalue weighted by Crippen LogP contribution is 2.37. The number of phenols is 1. The number of nitrogens with zero attached hydrogens (tertiary/aromatic N) is 1. The summed E-state index contributed by atoms with van der Waals surface area (Å²) < 4.78 is 31.9. The van der Waals surface area contributed by atoms with Gasteiger partial charge in [0.25, 0.3) is 0 Å². The van der Waals surface area contributed by atoms with Gasteiger partial charge in [0, 0.05) is 11.6 Å². The van der Waals surface area contributed by atoms with Gasteiger partial charge >= 0.3 is 5.69 Å². The first kappa shape index (κ1) is 13.7. The van der Waals surface area contributed by atoms with Gasteiger partial charge in [0.2, 0.25) is 11.6 Å². The molecule has 0 atom stereocenters. The number of hydrogen-bond donors (Lipinski definition) is 1. The second-order valence-electron chi connectivity index (χ2n) is 3.97. The molecule has 0 fully saturated rings. The number of hydrogen-bond acceptors (Lipinski definition) is 4. The minimum atomic E-state index is -1.46. The summed E-state index contributed by atoms with van der Waals surface area (Å²) in [5, 5.41) is 20.3. The Hall–Kier alpha value is -2.70. The van der Waals surface area contributed by atoms with Crippen molar-refractivity contribution in [1.29, 1.82) is 0 Å². The van der Waals surface area contributed by atoms with Gasteiger partial charge in [-0.1, -0.05) is 6.07 Å². The van der Waals surface area contributed by atoms with Gasteiger partial charge in [-0.05, 0) is 25.1 Å². The third-order valence-electron chi connectivity index (χ3n) is 2.69. The maximum atomic E-state index is 13.7. The summed E-state index contributed by atoms with van der Waals surface area (Å²) in [7, 11) is 0. The molecule has 0 aliphatic carbocycles. The highest BCUT2D eigenvalue weighted by atomic mass is 19.2. The Morgan fingerprint density at radius 1 is 1.25 bits per heavy atom. The van der Waals surface area contributed by atoms with E-state index in [1.165, 1.54) is 25.1 Å².